The van der Waals surface area contributed by atoms with Gasteiger partial charge in [0.2, 0.25) is 0 Å². The zero-order valence-corrected chi connectivity index (χ0v) is 17.4. The number of hydrogen-bond acceptors (Lipinski definition) is 4. The van der Waals surface area contributed by atoms with Gasteiger partial charge < -0.3 is 14.8 Å². The Hall–Kier alpha value is -2.84. The molecule has 1 amide bonds. The van der Waals surface area contributed by atoms with Crippen molar-refractivity contribution in [3.8, 4) is 0 Å². The fourth-order valence-corrected chi connectivity index (χ4v) is 3.24. The summed E-state index contributed by atoms with van der Waals surface area (Å²) in [7, 11) is 5.45. The van der Waals surface area contributed by atoms with E-state index in [1.165, 1.54) is 16.7 Å². The van der Waals surface area contributed by atoms with E-state index in [9.17, 15) is 14.0 Å². The van der Waals surface area contributed by atoms with Gasteiger partial charge in [0.15, 0.2) is 4.77 Å². The highest BCUT2D eigenvalue weighted by Crippen LogP contribution is 2.15. The average Bonchev–Trinajstić information content (AvgIpc) is 2.68. The summed E-state index contributed by atoms with van der Waals surface area (Å²) in [4.78, 5) is 32.2. The van der Waals surface area contributed by atoms with Gasteiger partial charge in [-0.2, -0.15) is 0 Å². The first-order chi connectivity index (χ1) is 13.8. The Kier molecular flexibility index (Phi) is 6.24. The van der Waals surface area contributed by atoms with Crippen LogP contribution in [0.3, 0.4) is 0 Å². The maximum absolute atomic E-state index is 13.6. The number of H-pyrrole nitrogens is 1. The van der Waals surface area contributed by atoms with Gasteiger partial charge in [-0.3, -0.25) is 14.2 Å². The SMILES string of the molecule is CN(C)CCN(Cc1cccc(F)c1)C(=O)c1ccc2c(=O)n(C)c(=S)[nH]c2c1. The molecule has 0 aliphatic carbocycles. The molecule has 0 bridgehead atoms. The predicted octanol–water partition coefficient (Wildman–Crippen LogP) is 2.94. The van der Waals surface area contributed by atoms with Crippen LogP contribution in [0.1, 0.15) is 15.9 Å². The second-order valence-electron chi connectivity index (χ2n) is 7.21. The third-order valence-electron chi connectivity index (χ3n) is 4.71. The van der Waals surface area contributed by atoms with Crippen molar-refractivity contribution in [2.45, 2.75) is 6.54 Å². The molecule has 6 nitrogen and oxygen atoms in total. The topological polar surface area (TPSA) is 61.3 Å². The molecular formula is C21H23FN4O2S. The minimum Gasteiger partial charge on any atom is -0.333 e. The Morgan fingerprint density at radius 1 is 1.17 bits per heavy atom. The lowest BCUT2D eigenvalue weighted by Crippen LogP contribution is -2.36. The van der Waals surface area contributed by atoms with E-state index in [1.54, 1.807) is 42.3 Å². The number of likely N-dealkylation sites (N-methyl/N-ethyl adjacent to an activating group) is 1. The molecule has 0 atom stereocenters. The van der Waals surface area contributed by atoms with Crippen LogP contribution in [0.25, 0.3) is 10.9 Å². The van der Waals surface area contributed by atoms with Crippen LogP contribution >= 0.6 is 12.2 Å². The number of amides is 1. The Labute approximate surface area is 173 Å². The molecule has 3 rings (SSSR count). The molecule has 0 spiro atoms. The third kappa shape index (κ3) is 4.78. The maximum atomic E-state index is 13.6. The van der Waals surface area contributed by atoms with Gasteiger partial charge in [-0.05, 0) is 62.2 Å². The molecule has 2 aromatic carbocycles. The van der Waals surface area contributed by atoms with E-state index in [1.807, 2.05) is 19.0 Å². The van der Waals surface area contributed by atoms with Crippen LogP contribution in [0.4, 0.5) is 4.39 Å². The Bertz CT molecular complexity index is 1170. The molecule has 0 aliphatic heterocycles. The van der Waals surface area contributed by atoms with Crippen LogP contribution in [-0.2, 0) is 13.6 Å². The minimum atomic E-state index is -0.336. The number of fused-ring (bicyclic) bond motifs is 1. The predicted molar refractivity (Wildman–Crippen MR) is 114 cm³/mol. The second kappa shape index (κ2) is 8.67. The molecular weight excluding hydrogens is 391 g/mol. The van der Waals surface area contributed by atoms with Crippen LogP contribution in [0.15, 0.2) is 47.3 Å². The highest BCUT2D eigenvalue weighted by molar-refractivity contribution is 7.71. The number of aromatic amines is 1. The summed E-state index contributed by atoms with van der Waals surface area (Å²) >= 11 is 5.17. The van der Waals surface area contributed by atoms with Crippen molar-refractivity contribution in [3.63, 3.8) is 0 Å². The van der Waals surface area contributed by atoms with E-state index in [2.05, 4.69) is 4.98 Å². The standard InChI is InChI=1S/C21H23FN4O2S/c1-24(2)9-10-26(13-14-5-4-6-16(22)11-14)19(27)15-7-8-17-18(12-15)23-21(29)25(3)20(17)28/h4-8,11-12H,9-10,13H2,1-3H3,(H,23,29). The molecule has 0 saturated carbocycles. The first-order valence-corrected chi connectivity index (χ1v) is 9.58. The number of hydrogen-bond donors (Lipinski definition) is 1. The lowest BCUT2D eigenvalue weighted by Gasteiger charge is -2.25. The van der Waals surface area contributed by atoms with Crippen molar-refractivity contribution < 1.29 is 9.18 Å². The first-order valence-electron chi connectivity index (χ1n) is 9.18. The molecule has 0 aliphatic rings. The number of carbonyl (C=O) groups excluding carboxylic acids is 1. The van der Waals surface area contributed by atoms with Gasteiger partial charge in [-0.15, -0.1) is 0 Å². The number of aromatic nitrogens is 2. The summed E-state index contributed by atoms with van der Waals surface area (Å²) in [6.07, 6.45) is 0. The van der Waals surface area contributed by atoms with Gasteiger partial charge in [-0.25, -0.2) is 4.39 Å². The summed E-state index contributed by atoms with van der Waals surface area (Å²) < 4.78 is 15.2. The highest BCUT2D eigenvalue weighted by Gasteiger charge is 2.18. The minimum absolute atomic E-state index is 0.196. The van der Waals surface area contributed by atoms with Gasteiger partial charge >= 0.3 is 0 Å². The smallest absolute Gasteiger partial charge is 0.261 e. The first kappa shape index (κ1) is 20.9. The number of halogens is 1. The molecule has 0 radical (unpaired) electrons. The van der Waals surface area contributed by atoms with Gasteiger partial charge in [0, 0.05) is 32.2 Å². The molecule has 0 fully saturated rings. The van der Waals surface area contributed by atoms with Crippen LogP contribution in [0.2, 0.25) is 0 Å². The summed E-state index contributed by atoms with van der Waals surface area (Å²) in [5.74, 6) is -0.533. The van der Waals surface area contributed by atoms with E-state index in [0.29, 0.717) is 35.1 Å². The highest BCUT2D eigenvalue weighted by atomic mass is 32.1. The Morgan fingerprint density at radius 2 is 1.93 bits per heavy atom. The summed E-state index contributed by atoms with van der Waals surface area (Å²) in [5, 5.41) is 0.461. The molecule has 8 heteroatoms. The molecule has 1 aromatic heterocycles. The lowest BCUT2D eigenvalue weighted by molar-refractivity contribution is 0.0732. The molecule has 1 heterocycles. The van der Waals surface area contributed by atoms with Crippen LogP contribution in [0.5, 0.6) is 0 Å². The molecule has 0 saturated heterocycles. The number of rotatable bonds is 6. The number of nitrogens with one attached hydrogen (secondary N) is 1. The average molecular weight is 415 g/mol. The summed E-state index contributed by atoms with van der Waals surface area (Å²) in [6.45, 7) is 1.43. The zero-order chi connectivity index (χ0) is 21.1. The van der Waals surface area contributed by atoms with E-state index >= 15 is 0 Å². The largest absolute Gasteiger partial charge is 0.333 e. The normalized spacial score (nSPS) is 11.2. The fraction of sp³-hybridized carbons (Fsp3) is 0.286. The second-order valence-corrected chi connectivity index (χ2v) is 7.60. The number of benzene rings is 2. The Balaban J connectivity index is 1.96. The molecule has 0 unspecified atom stereocenters. The van der Waals surface area contributed by atoms with Gasteiger partial charge in [-0.1, -0.05) is 12.1 Å². The zero-order valence-electron chi connectivity index (χ0n) is 16.6. The van der Waals surface area contributed by atoms with Crippen molar-refractivity contribution in [1.29, 1.82) is 0 Å². The molecule has 1 N–H and O–H groups in total. The molecule has 29 heavy (non-hydrogen) atoms. The summed E-state index contributed by atoms with van der Waals surface area (Å²) in [5.41, 5.74) is 1.45. The fourth-order valence-electron chi connectivity index (χ4n) is 3.05. The Morgan fingerprint density at radius 3 is 2.62 bits per heavy atom. The monoisotopic (exact) mass is 414 g/mol. The molecule has 3 aromatic rings. The molecule has 152 valence electrons. The van der Waals surface area contributed by atoms with Gasteiger partial charge in [0.25, 0.3) is 11.5 Å². The van der Waals surface area contributed by atoms with Crippen LogP contribution in [-0.4, -0.2) is 52.4 Å². The number of nitrogens with zero attached hydrogens (tertiary/aromatic N) is 3. The van der Waals surface area contributed by atoms with Crippen LogP contribution in [0, 0.1) is 10.6 Å². The number of carbonyl (C=O) groups is 1. The van der Waals surface area contributed by atoms with Crippen molar-refractivity contribution >= 4 is 29.0 Å². The van der Waals surface area contributed by atoms with Gasteiger partial charge in [0.1, 0.15) is 5.82 Å². The van der Waals surface area contributed by atoms with E-state index in [-0.39, 0.29) is 28.6 Å². The third-order valence-corrected chi connectivity index (χ3v) is 5.09. The van der Waals surface area contributed by atoms with Crippen LogP contribution < -0.4 is 5.56 Å². The quantitative estimate of drug-likeness (QED) is 0.630. The van der Waals surface area contributed by atoms with Crippen molar-refractivity contribution in [1.82, 2.24) is 19.4 Å². The van der Waals surface area contributed by atoms with Crippen molar-refractivity contribution in [2.75, 3.05) is 27.2 Å². The van der Waals surface area contributed by atoms with E-state index in [0.717, 1.165) is 0 Å². The maximum Gasteiger partial charge on any atom is 0.261 e. The lowest BCUT2D eigenvalue weighted by atomic mass is 10.1. The van der Waals surface area contributed by atoms with Crippen molar-refractivity contribution in [2.24, 2.45) is 7.05 Å². The van der Waals surface area contributed by atoms with E-state index in [4.69, 9.17) is 12.2 Å². The summed E-state index contributed by atoms with van der Waals surface area (Å²) in [6, 6.07) is 11.1. The van der Waals surface area contributed by atoms with E-state index < -0.39 is 0 Å². The van der Waals surface area contributed by atoms with Crippen molar-refractivity contribution in [3.05, 3.63) is 74.5 Å². The van der Waals surface area contributed by atoms with Gasteiger partial charge in [0.05, 0.1) is 10.9 Å².